The summed E-state index contributed by atoms with van der Waals surface area (Å²) in [4.78, 5) is 13.0. The van der Waals surface area contributed by atoms with Gasteiger partial charge >= 0.3 is 0 Å². The number of benzene rings is 1. The third-order valence-electron chi connectivity index (χ3n) is 3.35. The molecule has 1 aromatic carbocycles. The van der Waals surface area contributed by atoms with Crippen LogP contribution in [0.25, 0.3) is 11.1 Å². The van der Waals surface area contributed by atoms with E-state index in [1.807, 2.05) is 19.1 Å². The van der Waals surface area contributed by atoms with E-state index in [0.29, 0.717) is 5.02 Å². The summed E-state index contributed by atoms with van der Waals surface area (Å²) in [6, 6.07) is 13.2. The zero-order chi connectivity index (χ0) is 18.4. The first-order chi connectivity index (χ1) is 12.0. The molecule has 0 atom stereocenters. The molecule has 0 aliphatic heterocycles. The first-order valence-corrected chi connectivity index (χ1v) is 7.50. The highest BCUT2D eigenvalue weighted by molar-refractivity contribution is 6.31. The summed E-state index contributed by atoms with van der Waals surface area (Å²) in [6.07, 6.45) is 3.23. The fourth-order valence-electron chi connectivity index (χ4n) is 2.19. The molecule has 6 heteroatoms. The molecule has 0 aliphatic carbocycles. The Bertz CT molecular complexity index is 1000. The second-order valence-corrected chi connectivity index (χ2v) is 5.50. The molecule has 0 saturated carbocycles. The number of hydrogen-bond acceptors (Lipinski definition) is 3. The van der Waals surface area contributed by atoms with E-state index in [0.717, 1.165) is 5.56 Å². The topological polar surface area (TPSA) is 90.8 Å². The van der Waals surface area contributed by atoms with Gasteiger partial charge < -0.3 is 5.41 Å². The number of aryl methyl sites for hydroxylation is 1. The normalized spacial score (nSPS) is 10.7. The summed E-state index contributed by atoms with van der Waals surface area (Å²) < 4.78 is 1.44. The van der Waals surface area contributed by atoms with Crippen molar-refractivity contribution in [3.8, 4) is 12.1 Å². The number of pyridine rings is 1. The van der Waals surface area contributed by atoms with Gasteiger partial charge in [0.15, 0.2) is 18.0 Å². The molecular weight excluding hydrogens is 336 g/mol. The number of nitriles is 2. The second kappa shape index (κ2) is 7.86. The molecular formula is C19H11ClN4O. The highest BCUT2D eigenvalue weighted by Crippen LogP contribution is 2.19. The fourth-order valence-corrected chi connectivity index (χ4v) is 2.32. The molecule has 120 valence electrons. The van der Waals surface area contributed by atoms with Crippen LogP contribution in [0.4, 0.5) is 0 Å². The van der Waals surface area contributed by atoms with E-state index in [9.17, 15) is 10.1 Å². The van der Waals surface area contributed by atoms with Gasteiger partial charge in [-0.1, -0.05) is 11.6 Å². The fraction of sp³-hybridized carbons (Fsp3) is 0.0526. The molecule has 5 nitrogen and oxygen atoms in total. The van der Waals surface area contributed by atoms with Gasteiger partial charge in [-0.3, -0.25) is 4.79 Å². The Balaban J connectivity index is 2.79. The van der Waals surface area contributed by atoms with Gasteiger partial charge in [0.25, 0.3) is 11.5 Å². The van der Waals surface area contributed by atoms with Crippen LogP contribution in [0.5, 0.6) is 0 Å². The van der Waals surface area contributed by atoms with Crippen molar-refractivity contribution in [2.24, 2.45) is 0 Å². The van der Waals surface area contributed by atoms with Crippen LogP contribution in [-0.4, -0.2) is 11.7 Å². The molecule has 0 bridgehead atoms. The van der Waals surface area contributed by atoms with Crippen molar-refractivity contribution in [3.63, 3.8) is 0 Å². The molecule has 2 rings (SSSR count). The number of halogens is 1. The Hall–Kier alpha value is -3.50. The summed E-state index contributed by atoms with van der Waals surface area (Å²) in [5.74, 6) is 1.18. The number of carbonyl (C=O) groups is 1. The molecule has 25 heavy (non-hydrogen) atoms. The maximum Gasteiger partial charge on any atom is 0.278 e. The van der Waals surface area contributed by atoms with E-state index >= 15 is 0 Å². The lowest BCUT2D eigenvalue weighted by Gasteiger charge is -2.05. The smallest absolute Gasteiger partial charge is 0.278 e. The van der Waals surface area contributed by atoms with Crippen LogP contribution in [0.2, 0.25) is 5.02 Å². The van der Waals surface area contributed by atoms with Gasteiger partial charge in [-0.05, 0) is 37.3 Å². The van der Waals surface area contributed by atoms with Crippen LogP contribution in [0, 0.1) is 29.6 Å². The molecule has 0 spiro atoms. The SMILES string of the molecule is Cc1ccc[n+](/C(C(=O)c2ccc(Cl)cc2)=C(/C#N)C(=C=[N-])C#N)c1. The van der Waals surface area contributed by atoms with Crippen LogP contribution in [-0.2, 0) is 0 Å². The van der Waals surface area contributed by atoms with Gasteiger partial charge in [-0.15, -0.1) is 0 Å². The standard InChI is InChI=1S/C19H11ClN4O/c1-13-3-2-8-24(12-13)18(17(11-23)15(9-21)10-22)19(25)14-4-6-16(20)7-5-14/h2-8,12H,1H3/b18-17-. The molecule has 0 amide bonds. The first kappa shape index (κ1) is 17.8. The molecule has 0 N–H and O–H groups in total. The zero-order valence-electron chi connectivity index (χ0n) is 13.2. The number of allylic oxidation sites excluding steroid dienone is 3. The van der Waals surface area contributed by atoms with Gasteiger partial charge in [0.2, 0.25) is 0 Å². The van der Waals surface area contributed by atoms with E-state index in [1.165, 1.54) is 16.7 Å². The van der Waals surface area contributed by atoms with E-state index in [1.54, 1.807) is 42.5 Å². The predicted octanol–water partition coefficient (Wildman–Crippen LogP) is 3.24. The van der Waals surface area contributed by atoms with E-state index in [4.69, 9.17) is 22.3 Å². The summed E-state index contributed by atoms with van der Waals surface area (Å²) in [7, 11) is 0. The summed E-state index contributed by atoms with van der Waals surface area (Å²) in [5, 5.41) is 28.2. The Morgan fingerprint density at radius 1 is 1.16 bits per heavy atom. The number of rotatable bonds is 4. The molecule has 0 radical (unpaired) electrons. The third kappa shape index (κ3) is 3.88. The van der Waals surface area contributed by atoms with Crippen molar-refractivity contribution in [1.82, 2.24) is 0 Å². The first-order valence-electron chi connectivity index (χ1n) is 7.12. The summed E-state index contributed by atoms with van der Waals surface area (Å²) >= 11 is 5.85. The van der Waals surface area contributed by atoms with Crippen molar-refractivity contribution in [2.75, 3.05) is 0 Å². The van der Waals surface area contributed by atoms with Crippen molar-refractivity contribution in [3.05, 3.63) is 81.5 Å². The quantitative estimate of drug-likeness (QED) is 0.212. The van der Waals surface area contributed by atoms with Crippen molar-refractivity contribution >= 4 is 29.0 Å². The number of ketones is 1. The lowest BCUT2D eigenvalue weighted by molar-refractivity contribution is -0.577. The Morgan fingerprint density at radius 2 is 1.84 bits per heavy atom. The van der Waals surface area contributed by atoms with Gasteiger partial charge in [-0.25, -0.2) is 5.87 Å². The van der Waals surface area contributed by atoms with Gasteiger partial charge in [0.05, 0.1) is 5.57 Å². The van der Waals surface area contributed by atoms with Crippen LogP contribution >= 0.6 is 11.6 Å². The van der Waals surface area contributed by atoms with Crippen LogP contribution in [0.1, 0.15) is 15.9 Å². The lowest BCUT2D eigenvalue weighted by atomic mass is 10.00. The lowest BCUT2D eigenvalue weighted by Crippen LogP contribution is -2.37. The molecule has 2 aromatic rings. The molecule has 1 heterocycles. The number of nitrogens with zero attached hydrogens (tertiary/aromatic N) is 4. The van der Waals surface area contributed by atoms with Crippen molar-refractivity contribution in [1.29, 1.82) is 10.5 Å². The largest absolute Gasteiger partial charge is 0.762 e. The van der Waals surface area contributed by atoms with Crippen molar-refractivity contribution in [2.45, 2.75) is 6.92 Å². The van der Waals surface area contributed by atoms with Gasteiger partial charge in [0.1, 0.15) is 12.1 Å². The monoisotopic (exact) mass is 346 g/mol. The average molecular weight is 347 g/mol. The summed E-state index contributed by atoms with van der Waals surface area (Å²) in [6.45, 7) is 1.83. The predicted molar refractivity (Wildman–Crippen MR) is 93.5 cm³/mol. The molecule has 0 saturated heterocycles. The average Bonchev–Trinajstić information content (AvgIpc) is 2.62. The maximum absolute atomic E-state index is 13.0. The number of hydrogen-bond donors (Lipinski definition) is 0. The minimum absolute atomic E-state index is 0.0633. The van der Waals surface area contributed by atoms with Crippen LogP contribution < -0.4 is 4.57 Å². The highest BCUT2D eigenvalue weighted by atomic mass is 35.5. The molecule has 0 fully saturated rings. The second-order valence-electron chi connectivity index (χ2n) is 5.06. The Kier molecular flexibility index (Phi) is 5.61. The van der Waals surface area contributed by atoms with E-state index in [-0.39, 0.29) is 16.8 Å². The minimum Gasteiger partial charge on any atom is -0.762 e. The van der Waals surface area contributed by atoms with E-state index in [2.05, 4.69) is 0 Å². The minimum atomic E-state index is -0.494. The molecule has 0 unspecified atom stereocenters. The number of aromatic nitrogens is 1. The van der Waals surface area contributed by atoms with Crippen LogP contribution in [0.15, 0.2) is 59.9 Å². The third-order valence-corrected chi connectivity index (χ3v) is 3.60. The maximum atomic E-state index is 13.0. The Morgan fingerprint density at radius 3 is 2.36 bits per heavy atom. The molecule has 1 aromatic heterocycles. The van der Waals surface area contributed by atoms with Gasteiger partial charge in [0, 0.05) is 22.2 Å². The Labute approximate surface area is 149 Å². The highest BCUT2D eigenvalue weighted by Gasteiger charge is 2.28. The summed E-state index contributed by atoms with van der Waals surface area (Å²) in [5.41, 5.74) is 0.369. The van der Waals surface area contributed by atoms with Crippen molar-refractivity contribution < 1.29 is 9.36 Å². The zero-order valence-corrected chi connectivity index (χ0v) is 13.9. The van der Waals surface area contributed by atoms with E-state index < -0.39 is 11.4 Å². The van der Waals surface area contributed by atoms with Crippen LogP contribution in [0.3, 0.4) is 0 Å². The van der Waals surface area contributed by atoms with Gasteiger partial charge in [-0.2, -0.15) is 15.1 Å². The number of Topliss-reactive ketones (excluding diaryl/α,β-unsaturated/α-hetero) is 1. The number of carbonyl (C=O) groups excluding carboxylic acids is 1. The molecule has 0 aliphatic rings.